The molecule has 3 N–H and O–H groups in total. The van der Waals surface area contributed by atoms with E-state index in [0.717, 1.165) is 39.3 Å². The van der Waals surface area contributed by atoms with Gasteiger partial charge in [-0.25, -0.2) is 0 Å². The second kappa shape index (κ2) is 6.95. The van der Waals surface area contributed by atoms with Crippen LogP contribution in [0.5, 0.6) is 0 Å². The molecule has 4 aliphatic heterocycles. The Morgan fingerprint density at radius 3 is 2.57 bits per heavy atom. The summed E-state index contributed by atoms with van der Waals surface area (Å²) in [6.07, 6.45) is 1.69. The van der Waals surface area contributed by atoms with Crippen molar-refractivity contribution in [3.8, 4) is 0 Å². The molecule has 1 amide bonds. The van der Waals surface area contributed by atoms with Crippen LogP contribution in [0.4, 0.5) is 0 Å². The van der Waals surface area contributed by atoms with Crippen molar-refractivity contribution in [3.05, 3.63) is 47.8 Å². The third-order valence-corrected chi connectivity index (χ3v) is 6.56. The number of nitrogens with two attached hydrogens (primary N) is 1. The standard InChI is InChI=1S/C20H27N7O/c21-6-7-27-12-17(23-24-27)19(28)22-18-15-10-25-8-9-26(11-15)14-20(18,13-25)16-4-2-1-3-5-16/h1-5,12,15,18H,6-11,13-14,21H2,(H,22,28)/t15?,18-,20?/m0/s1. The summed E-state index contributed by atoms with van der Waals surface area (Å²) in [5, 5.41) is 11.4. The number of carbonyl (C=O) groups is 1. The van der Waals surface area contributed by atoms with Crippen LogP contribution in [-0.4, -0.2) is 82.6 Å². The van der Waals surface area contributed by atoms with Crippen molar-refractivity contribution in [2.24, 2.45) is 11.7 Å². The molecule has 1 aromatic heterocycles. The first-order chi connectivity index (χ1) is 13.7. The number of rotatable bonds is 5. The lowest BCUT2D eigenvalue weighted by molar-refractivity contribution is 0.0179. The number of nitrogens with zero attached hydrogens (tertiary/aromatic N) is 5. The Morgan fingerprint density at radius 2 is 1.89 bits per heavy atom. The van der Waals surface area contributed by atoms with Crippen LogP contribution in [0, 0.1) is 5.92 Å². The molecule has 0 spiro atoms. The molecule has 8 nitrogen and oxygen atoms in total. The van der Waals surface area contributed by atoms with Gasteiger partial charge in [-0.1, -0.05) is 35.5 Å². The molecular weight excluding hydrogens is 354 g/mol. The van der Waals surface area contributed by atoms with Crippen molar-refractivity contribution >= 4 is 5.91 Å². The summed E-state index contributed by atoms with van der Waals surface area (Å²) >= 11 is 0. The number of piperidine rings is 2. The Hall–Kier alpha value is -2.29. The van der Waals surface area contributed by atoms with Crippen molar-refractivity contribution in [1.82, 2.24) is 30.1 Å². The van der Waals surface area contributed by atoms with Gasteiger partial charge in [0.25, 0.3) is 5.91 Å². The van der Waals surface area contributed by atoms with E-state index in [4.69, 9.17) is 5.73 Å². The molecule has 0 saturated carbocycles. The van der Waals surface area contributed by atoms with E-state index < -0.39 is 0 Å². The van der Waals surface area contributed by atoms with Gasteiger partial charge in [-0.3, -0.25) is 9.48 Å². The van der Waals surface area contributed by atoms with E-state index in [0.29, 0.717) is 24.7 Å². The molecule has 2 unspecified atom stereocenters. The summed E-state index contributed by atoms with van der Waals surface area (Å²) < 4.78 is 1.63. The van der Waals surface area contributed by atoms with Gasteiger partial charge in [0, 0.05) is 63.2 Å². The van der Waals surface area contributed by atoms with Gasteiger partial charge in [-0.2, -0.15) is 0 Å². The first kappa shape index (κ1) is 17.8. The van der Waals surface area contributed by atoms with E-state index in [-0.39, 0.29) is 17.4 Å². The molecule has 4 aliphatic rings. The van der Waals surface area contributed by atoms with Crippen LogP contribution in [-0.2, 0) is 12.0 Å². The normalized spacial score (nSPS) is 33.6. The minimum absolute atomic E-state index is 0.0904. The molecule has 4 bridgehead atoms. The number of hydrogen-bond donors (Lipinski definition) is 2. The molecule has 6 rings (SSSR count). The van der Waals surface area contributed by atoms with Gasteiger partial charge in [-0.15, -0.1) is 5.10 Å². The molecule has 0 aliphatic carbocycles. The quantitative estimate of drug-likeness (QED) is 0.728. The van der Waals surface area contributed by atoms with E-state index in [1.54, 1.807) is 10.9 Å². The predicted octanol–water partition coefficient (Wildman–Crippen LogP) is -0.466. The molecule has 148 valence electrons. The fourth-order valence-electron chi connectivity index (χ4n) is 5.43. The third-order valence-electron chi connectivity index (χ3n) is 6.56. The van der Waals surface area contributed by atoms with E-state index in [2.05, 4.69) is 55.8 Å². The van der Waals surface area contributed by atoms with Gasteiger partial charge < -0.3 is 20.9 Å². The zero-order chi connectivity index (χ0) is 19.1. The summed E-state index contributed by atoms with van der Waals surface area (Å²) in [6.45, 7) is 7.29. The van der Waals surface area contributed by atoms with Crippen LogP contribution in [0.25, 0.3) is 0 Å². The lowest BCUT2D eigenvalue weighted by Crippen LogP contribution is -2.70. The molecule has 28 heavy (non-hydrogen) atoms. The van der Waals surface area contributed by atoms with Gasteiger partial charge in [-0.05, 0) is 5.56 Å². The lowest BCUT2D eigenvalue weighted by Gasteiger charge is -2.55. The molecule has 4 saturated heterocycles. The number of fused-ring (bicyclic) bond motifs is 1. The van der Waals surface area contributed by atoms with Gasteiger partial charge in [0.05, 0.1) is 12.7 Å². The third kappa shape index (κ3) is 2.92. The number of amides is 1. The molecule has 4 fully saturated rings. The van der Waals surface area contributed by atoms with Crippen molar-refractivity contribution < 1.29 is 4.79 Å². The summed E-state index contributed by atoms with van der Waals surface area (Å²) in [4.78, 5) is 18.2. The van der Waals surface area contributed by atoms with Crippen molar-refractivity contribution in [2.45, 2.75) is 18.0 Å². The zero-order valence-corrected chi connectivity index (χ0v) is 16.0. The van der Waals surface area contributed by atoms with Crippen LogP contribution in [0.15, 0.2) is 36.5 Å². The minimum atomic E-state index is -0.139. The molecule has 3 atom stereocenters. The average Bonchev–Trinajstić information content (AvgIpc) is 3.03. The highest BCUT2D eigenvalue weighted by atomic mass is 16.2. The maximum absolute atomic E-state index is 13.0. The molecule has 1 aromatic carbocycles. The Bertz CT molecular complexity index is 835. The molecule has 8 heteroatoms. The van der Waals surface area contributed by atoms with Crippen molar-refractivity contribution in [2.75, 3.05) is 45.8 Å². The first-order valence-electron chi connectivity index (χ1n) is 10.1. The van der Waals surface area contributed by atoms with Crippen LogP contribution in [0.1, 0.15) is 16.1 Å². The monoisotopic (exact) mass is 381 g/mol. The Kier molecular flexibility index (Phi) is 4.41. The highest BCUT2D eigenvalue weighted by Gasteiger charge is 2.55. The topological polar surface area (TPSA) is 92.3 Å². The van der Waals surface area contributed by atoms with Crippen LogP contribution >= 0.6 is 0 Å². The highest BCUT2D eigenvalue weighted by Crippen LogP contribution is 2.43. The highest BCUT2D eigenvalue weighted by molar-refractivity contribution is 5.92. The number of nitrogens with one attached hydrogen (secondary N) is 1. The molecular formula is C20H27N7O. The smallest absolute Gasteiger partial charge is 0.273 e. The van der Waals surface area contributed by atoms with Crippen LogP contribution in [0.2, 0.25) is 0 Å². The predicted molar refractivity (Wildman–Crippen MR) is 105 cm³/mol. The van der Waals surface area contributed by atoms with Crippen LogP contribution in [0.3, 0.4) is 0 Å². The van der Waals surface area contributed by atoms with Gasteiger partial charge in [0.1, 0.15) is 0 Å². The van der Waals surface area contributed by atoms with E-state index in [9.17, 15) is 4.79 Å². The summed E-state index contributed by atoms with van der Waals surface area (Å²) in [5.41, 5.74) is 7.16. The Morgan fingerprint density at radius 1 is 1.18 bits per heavy atom. The minimum Gasteiger partial charge on any atom is -0.346 e. The van der Waals surface area contributed by atoms with E-state index in [1.165, 1.54) is 5.56 Å². The summed E-state index contributed by atoms with van der Waals surface area (Å²) in [7, 11) is 0. The molecule has 2 aromatic rings. The fraction of sp³-hybridized carbons (Fsp3) is 0.550. The van der Waals surface area contributed by atoms with E-state index in [1.807, 2.05) is 0 Å². The van der Waals surface area contributed by atoms with Crippen molar-refractivity contribution in [3.63, 3.8) is 0 Å². The Balaban J connectivity index is 1.47. The molecule has 5 heterocycles. The summed E-state index contributed by atoms with van der Waals surface area (Å²) in [6, 6.07) is 10.8. The maximum Gasteiger partial charge on any atom is 0.273 e. The zero-order valence-electron chi connectivity index (χ0n) is 16.0. The number of hydrogen-bond acceptors (Lipinski definition) is 6. The van der Waals surface area contributed by atoms with Crippen molar-refractivity contribution in [1.29, 1.82) is 0 Å². The number of carbonyl (C=O) groups excluding carboxylic acids is 1. The van der Waals surface area contributed by atoms with Gasteiger partial charge >= 0.3 is 0 Å². The SMILES string of the molecule is NCCn1cc(C(=O)N[C@H]2C3CN4CCN(C3)CC2(c2ccccc2)C4)nn1. The number of aromatic nitrogens is 3. The number of benzene rings is 1. The largest absolute Gasteiger partial charge is 0.346 e. The second-order valence-electron chi connectivity index (χ2n) is 8.36. The lowest BCUT2D eigenvalue weighted by atomic mass is 9.64. The fourth-order valence-corrected chi connectivity index (χ4v) is 5.43. The first-order valence-corrected chi connectivity index (χ1v) is 10.1. The second-order valence-corrected chi connectivity index (χ2v) is 8.36. The summed E-state index contributed by atoms with van der Waals surface area (Å²) in [5.74, 6) is 0.271. The Labute approximate surface area is 164 Å². The van der Waals surface area contributed by atoms with Gasteiger partial charge in [0.2, 0.25) is 0 Å². The molecule has 0 radical (unpaired) electrons. The van der Waals surface area contributed by atoms with E-state index >= 15 is 0 Å². The van der Waals surface area contributed by atoms with Gasteiger partial charge in [0.15, 0.2) is 5.69 Å². The van der Waals surface area contributed by atoms with Crippen LogP contribution < -0.4 is 11.1 Å². The average molecular weight is 381 g/mol. The maximum atomic E-state index is 13.0.